The van der Waals surface area contributed by atoms with Gasteiger partial charge in [0, 0.05) is 66.9 Å². The molecule has 2 fully saturated rings. The minimum Gasteiger partial charge on any atom is -0.390 e. The number of piperazine rings is 1. The number of aryl methyl sites for hydroxylation is 1. The molecule has 0 unspecified atom stereocenters. The van der Waals surface area contributed by atoms with E-state index >= 15 is 0 Å². The lowest BCUT2D eigenvalue weighted by Gasteiger charge is -2.35. The second kappa shape index (κ2) is 12.5. The molecule has 11 nitrogen and oxygen atoms in total. The first kappa shape index (κ1) is 28.9. The highest BCUT2D eigenvalue weighted by atomic mass is 32.2. The second-order valence-corrected chi connectivity index (χ2v) is 12.4. The zero-order valence-corrected chi connectivity index (χ0v) is 24.6. The molecule has 12 heteroatoms. The van der Waals surface area contributed by atoms with Crippen molar-refractivity contribution >= 4 is 46.7 Å². The number of aromatic nitrogens is 4. The van der Waals surface area contributed by atoms with E-state index in [0.717, 1.165) is 34.9 Å². The smallest absolute Gasteiger partial charge is 0.227 e. The van der Waals surface area contributed by atoms with Gasteiger partial charge in [-0.1, -0.05) is 0 Å². The van der Waals surface area contributed by atoms with Crippen LogP contribution in [0.4, 0.5) is 23.1 Å². The van der Waals surface area contributed by atoms with Gasteiger partial charge in [0.2, 0.25) is 11.8 Å². The molecule has 3 aromatic rings. The van der Waals surface area contributed by atoms with E-state index in [2.05, 4.69) is 25.7 Å². The highest BCUT2D eigenvalue weighted by Crippen LogP contribution is 2.32. The SMILES string of the molecule is Cc1cc(Nc2cc(N3CCN(C(=O)CCCC(C)(C)O)CC3)nc(Sc3ccc(NC(=O)C4CC4)cc3)n2)n[nH]1. The Labute approximate surface area is 244 Å². The summed E-state index contributed by atoms with van der Waals surface area (Å²) in [6, 6.07) is 11.5. The van der Waals surface area contributed by atoms with Crippen LogP contribution in [-0.4, -0.2) is 73.8 Å². The molecule has 0 radical (unpaired) electrons. The highest BCUT2D eigenvalue weighted by molar-refractivity contribution is 7.99. The van der Waals surface area contributed by atoms with Gasteiger partial charge in [-0.15, -0.1) is 0 Å². The van der Waals surface area contributed by atoms with Crippen molar-refractivity contribution in [2.75, 3.05) is 41.7 Å². The molecule has 41 heavy (non-hydrogen) atoms. The third-order valence-electron chi connectivity index (χ3n) is 7.07. The van der Waals surface area contributed by atoms with E-state index in [1.165, 1.54) is 11.8 Å². The van der Waals surface area contributed by atoms with Crippen LogP contribution in [-0.2, 0) is 9.59 Å². The fraction of sp³-hybridized carbons (Fsp3) is 0.483. The maximum absolute atomic E-state index is 12.7. The largest absolute Gasteiger partial charge is 0.390 e. The van der Waals surface area contributed by atoms with Gasteiger partial charge >= 0.3 is 0 Å². The number of benzene rings is 1. The Kier molecular flexibility index (Phi) is 8.79. The van der Waals surface area contributed by atoms with Crippen LogP contribution >= 0.6 is 11.8 Å². The van der Waals surface area contributed by atoms with Gasteiger partial charge < -0.3 is 25.5 Å². The number of H-pyrrole nitrogens is 1. The van der Waals surface area contributed by atoms with Crippen LogP contribution in [0.25, 0.3) is 0 Å². The van der Waals surface area contributed by atoms with E-state index in [-0.39, 0.29) is 17.7 Å². The quantitative estimate of drug-likeness (QED) is 0.245. The molecule has 2 amide bonds. The first-order valence-corrected chi connectivity index (χ1v) is 14.9. The lowest BCUT2D eigenvalue weighted by molar-refractivity contribution is -0.131. The van der Waals surface area contributed by atoms with Crippen LogP contribution in [0.3, 0.4) is 0 Å². The van der Waals surface area contributed by atoms with Gasteiger partial charge in [0.25, 0.3) is 0 Å². The minimum atomic E-state index is -0.754. The van der Waals surface area contributed by atoms with Crippen LogP contribution in [0.15, 0.2) is 46.5 Å². The molecular formula is C29H38N8O3S. The summed E-state index contributed by atoms with van der Waals surface area (Å²) in [6.07, 6.45) is 3.65. The Morgan fingerprint density at radius 3 is 2.44 bits per heavy atom. The zero-order chi connectivity index (χ0) is 29.0. The van der Waals surface area contributed by atoms with E-state index in [4.69, 9.17) is 9.97 Å². The lowest BCUT2D eigenvalue weighted by Crippen LogP contribution is -2.49. The number of rotatable bonds is 11. The fourth-order valence-corrected chi connectivity index (χ4v) is 5.38. The predicted molar refractivity (Wildman–Crippen MR) is 159 cm³/mol. The van der Waals surface area contributed by atoms with E-state index in [0.29, 0.717) is 62.2 Å². The summed E-state index contributed by atoms with van der Waals surface area (Å²) in [5, 5.41) is 24.0. The summed E-state index contributed by atoms with van der Waals surface area (Å²) in [4.78, 5) is 39.4. The number of nitrogens with one attached hydrogen (secondary N) is 3. The predicted octanol–water partition coefficient (Wildman–Crippen LogP) is 4.34. The van der Waals surface area contributed by atoms with Gasteiger partial charge in [0.05, 0.1) is 5.60 Å². The number of aromatic amines is 1. The van der Waals surface area contributed by atoms with Crippen molar-refractivity contribution in [2.24, 2.45) is 5.92 Å². The van der Waals surface area contributed by atoms with Gasteiger partial charge in [-0.05, 0) is 82.5 Å². The number of carbonyl (C=O) groups is 2. The molecule has 3 heterocycles. The molecule has 1 saturated heterocycles. The fourth-order valence-electron chi connectivity index (χ4n) is 4.61. The van der Waals surface area contributed by atoms with E-state index in [9.17, 15) is 14.7 Å². The standard InChI is InChI=1S/C29H38N8O3S/c1-19-17-24(35-34-19)31-23-18-25(36-13-15-37(16-14-36)26(38)5-4-12-29(2,3)40)33-28(32-23)41-22-10-8-21(9-11-22)30-27(39)20-6-7-20/h8-11,17-18,20,40H,4-7,12-16H2,1-3H3,(H,30,39)(H2,31,32,33,34,35). The van der Waals surface area contributed by atoms with Crippen molar-refractivity contribution in [3.05, 3.63) is 42.1 Å². The molecule has 1 saturated carbocycles. The summed E-state index contributed by atoms with van der Waals surface area (Å²) in [7, 11) is 0. The number of hydrogen-bond donors (Lipinski definition) is 4. The highest BCUT2D eigenvalue weighted by Gasteiger charge is 2.29. The van der Waals surface area contributed by atoms with Crippen LogP contribution < -0.4 is 15.5 Å². The van der Waals surface area contributed by atoms with Crippen molar-refractivity contribution in [1.29, 1.82) is 0 Å². The van der Waals surface area contributed by atoms with Crippen molar-refractivity contribution in [2.45, 2.75) is 68.5 Å². The van der Waals surface area contributed by atoms with E-state index in [1.54, 1.807) is 13.8 Å². The summed E-state index contributed by atoms with van der Waals surface area (Å²) < 4.78 is 0. The molecule has 218 valence electrons. The molecule has 1 aromatic carbocycles. The summed E-state index contributed by atoms with van der Waals surface area (Å²) >= 11 is 1.44. The Bertz CT molecular complexity index is 1360. The Balaban J connectivity index is 1.26. The first-order chi connectivity index (χ1) is 19.6. The lowest BCUT2D eigenvalue weighted by atomic mass is 10.0. The van der Waals surface area contributed by atoms with Crippen molar-refractivity contribution in [3.63, 3.8) is 0 Å². The Hall–Kier alpha value is -3.64. The van der Waals surface area contributed by atoms with Crippen LogP contribution in [0.2, 0.25) is 0 Å². The molecule has 0 spiro atoms. The van der Waals surface area contributed by atoms with Gasteiger partial charge in [0.15, 0.2) is 11.0 Å². The molecule has 1 aliphatic carbocycles. The van der Waals surface area contributed by atoms with Crippen molar-refractivity contribution in [1.82, 2.24) is 25.1 Å². The van der Waals surface area contributed by atoms with Gasteiger partial charge in [-0.2, -0.15) is 5.10 Å². The monoisotopic (exact) mass is 578 g/mol. The van der Waals surface area contributed by atoms with Gasteiger partial charge in [-0.3, -0.25) is 14.7 Å². The number of amides is 2. The molecule has 4 N–H and O–H groups in total. The Morgan fingerprint density at radius 2 is 1.80 bits per heavy atom. The van der Waals surface area contributed by atoms with Gasteiger partial charge in [0.1, 0.15) is 11.6 Å². The minimum absolute atomic E-state index is 0.0849. The zero-order valence-electron chi connectivity index (χ0n) is 23.8. The summed E-state index contributed by atoms with van der Waals surface area (Å²) in [5.41, 5.74) is 0.967. The normalized spacial score (nSPS) is 15.6. The average Bonchev–Trinajstić information content (AvgIpc) is 3.71. The topological polar surface area (TPSA) is 139 Å². The van der Waals surface area contributed by atoms with Crippen molar-refractivity contribution in [3.8, 4) is 0 Å². The number of carbonyl (C=O) groups excluding carboxylic acids is 2. The maximum Gasteiger partial charge on any atom is 0.227 e. The van der Waals surface area contributed by atoms with Crippen LogP contribution in [0.1, 0.15) is 51.6 Å². The Morgan fingerprint density at radius 1 is 1.07 bits per heavy atom. The number of nitrogens with zero attached hydrogens (tertiary/aromatic N) is 5. The van der Waals surface area contributed by atoms with Crippen LogP contribution in [0, 0.1) is 12.8 Å². The molecular weight excluding hydrogens is 540 g/mol. The number of anilines is 4. The van der Waals surface area contributed by atoms with E-state index < -0.39 is 5.60 Å². The molecule has 0 atom stereocenters. The first-order valence-electron chi connectivity index (χ1n) is 14.1. The third-order valence-corrected chi connectivity index (χ3v) is 7.94. The molecule has 0 bridgehead atoms. The van der Waals surface area contributed by atoms with Gasteiger partial charge in [-0.25, -0.2) is 9.97 Å². The average molecular weight is 579 g/mol. The van der Waals surface area contributed by atoms with Crippen LogP contribution in [0.5, 0.6) is 0 Å². The molecule has 5 rings (SSSR count). The molecule has 2 aromatic heterocycles. The summed E-state index contributed by atoms with van der Waals surface area (Å²) in [5.74, 6) is 2.44. The molecule has 2 aliphatic rings. The number of aliphatic hydroxyl groups is 1. The maximum atomic E-state index is 12.7. The summed E-state index contributed by atoms with van der Waals surface area (Å²) in [6.45, 7) is 8.03. The third kappa shape index (κ3) is 8.43. The van der Waals surface area contributed by atoms with Crippen molar-refractivity contribution < 1.29 is 14.7 Å². The number of hydrogen-bond acceptors (Lipinski definition) is 9. The second-order valence-electron chi connectivity index (χ2n) is 11.4. The van der Waals surface area contributed by atoms with E-state index in [1.807, 2.05) is 48.2 Å². The molecule has 1 aliphatic heterocycles.